The van der Waals surface area contributed by atoms with Gasteiger partial charge in [-0.2, -0.15) is 0 Å². The van der Waals surface area contributed by atoms with E-state index in [1.807, 2.05) is 20.0 Å². The highest BCUT2D eigenvalue weighted by molar-refractivity contribution is 8.00. The van der Waals surface area contributed by atoms with Crippen molar-refractivity contribution < 1.29 is 4.79 Å². The average molecular weight is 250 g/mol. The van der Waals surface area contributed by atoms with Gasteiger partial charge in [0.2, 0.25) is 5.91 Å². The Bertz CT molecular complexity index is 433. The lowest BCUT2D eigenvalue weighted by Crippen LogP contribution is -2.36. The first-order valence-corrected chi connectivity index (χ1v) is 6.79. The number of hydrogen-bond acceptors (Lipinski definition) is 3. The number of fused-ring (bicyclic) bond motifs is 1. The number of carbonyl (C=O) groups is 1. The normalized spacial score (nSPS) is 19.4. The molecule has 0 radical (unpaired) electrons. The highest BCUT2D eigenvalue weighted by atomic mass is 32.2. The number of nitrogens with zero attached hydrogens (tertiary/aromatic N) is 1. The second kappa shape index (κ2) is 5.10. The summed E-state index contributed by atoms with van der Waals surface area (Å²) in [6.45, 7) is 5.92. The Balaban J connectivity index is 2.27. The standard InChI is InChI=1S/C13H18N2OS/c1-4-14-8-10-5-6-11-12(7-10)17-9(2)13(16)15(11)3/h5-7,9,14H,4,8H2,1-3H3. The largest absolute Gasteiger partial charge is 0.313 e. The molecule has 1 atom stereocenters. The first-order valence-electron chi connectivity index (χ1n) is 5.91. The van der Waals surface area contributed by atoms with Gasteiger partial charge < -0.3 is 10.2 Å². The molecule has 1 aliphatic rings. The zero-order valence-electron chi connectivity index (χ0n) is 10.5. The van der Waals surface area contributed by atoms with Crippen LogP contribution in [-0.2, 0) is 11.3 Å². The van der Waals surface area contributed by atoms with E-state index in [9.17, 15) is 4.79 Å². The van der Waals surface area contributed by atoms with Crippen molar-refractivity contribution in [2.24, 2.45) is 0 Å². The molecule has 92 valence electrons. The Morgan fingerprint density at radius 1 is 1.47 bits per heavy atom. The first-order chi connectivity index (χ1) is 8.13. The van der Waals surface area contributed by atoms with E-state index in [1.54, 1.807) is 16.7 Å². The summed E-state index contributed by atoms with van der Waals surface area (Å²) in [4.78, 5) is 14.8. The molecular formula is C13H18N2OS. The van der Waals surface area contributed by atoms with Crippen LogP contribution < -0.4 is 10.2 Å². The van der Waals surface area contributed by atoms with E-state index in [-0.39, 0.29) is 11.2 Å². The van der Waals surface area contributed by atoms with E-state index >= 15 is 0 Å². The third kappa shape index (κ3) is 2.48. The van der Waals surface area contributed by atoms with E-state index in [2.05, 4.69) is 24.4 Å². The Morgan fingerprint density at radius 2 is 2.24 bits per heavy atom. The van der Waals surface area contributed by atoms with Gasteiger partial charge in [-0.05, 0) is 31.2 Å². The SMILES string of the molecule is CCNCc1ccc2c(c1)SC(C)C(=O)N2C. The Labute approximate surface area is 107 Å². The molecule has 3 nitrogen and oxygen atoms in total. The van der Waals surface area contributed by atoms with Gasteiger partial charge in [0, 0.05) is 18.5 Å². The summed E-state index contributed by atoms with van der Waals surface area (Å²) in [5.41, 5.74) is 2.30. The van der Waals surface area contributed by atoms with E-state index in [4.69, 9.17) is 0 Å². The van der Waals surface area contributed by atoms with Gasteiger partial charge in [0.25, 0.3) is 0 Å². The fraction of sp³-hybridized carbons (Fsp3) is 0.462. The van der Waals surface area contributed by atoms with E-state index in [0.29, 0.717) is 0 Å². The zero-order valence-corrected chi connectivity index (χ0v) is 11.3. The van der Waals surface area contributed by atoms with Crippen molar-refractivity contribution in [2.75, 3.05) is 18.5 Å². The molecule has 1 aromatic carbocycles. The maximum absolute atomic E-state index is 11.8. The van der Waals surface area contributed by atoms with E-state index in [0.717, 1.165) is 18.8 Å². The minimum atomic E-state index is 0.0156. The molecule has 1 unspecified atom stereocenters. The topological polar surface area (TPSA) is 32.3 Å². The van der Waals surface area contributed by atoms with Crippen LogP contribution in [0.4, 0.5) is 5.69 Å². The van der Waals surface area contributed by atoms with Crippen LogP contribution in [0.5, 0.6) is 0 Å². The van der Waals surface area contributed by atoms with Gasteiger partial charge >= 0.3 is 0 Å². The van der Waals surface area contributed by atoms with Gasteiger partial charge in [-0.3, -0.25) is 4.79 Å². The minimum absolute atomic E-state index is 0.0156. The van der Waals surface area contributed by atoms with Crippen LogP contribution in [0.25, 0.3) is 0 Å². The van der Waals surface area contributed by atoms with Crippen LogP contribution >= 0.6 is 11.8 Å². The number of thioether (sulfide) groups is 1. The molecule has 1 heterocycles. The van der Waals surface area contributed by atoms with E-state index < -0.39 is 0 Å². The average Bonchev–Trinajstić information content (AvgIpc) is 2.33. The number of carbonyl (C=O) groups excluding carboxylic acids is 1. The third-order valence-electron chi connectivity index (χ3n) is 2.95. The third-order valence-corrected chi connectivity index (χ3v) is 4.08. The number of benzene rings is 1. The number of amides is 1. The van der Waals surface area contributed by atoms with Crippen LogP contribution in [0, 0.1) is 0 Å². The molecule has 1 N–H and O–H groups in total. The van der Waals surface area contributed by atoms with Crippen LogP contribution in [0.2, 0.25) is 0 Å². The van der Waals surface area contributed by atoms with Crippen molar-refractivity contribution in [1.82, 2.24) is 5.32 Å². The monoisotopic (exact) mass is 250 g/mol. The van der Waals surface area contributed by atoms with Crippen LogP contribution in [0.1, 0.15) is 19.4 Å². The van der Waals surface area contributed by atoms with Crippen LogP contribution in [0.3, 0.4) is 0 Å². The molecule has 2 rings (SSSR count). The molecule has 0 saturated heterocycles. The smallest absolute Gasteiger partial charge is 0.239 e. The summed E-state index contributed by atoms with van der Waals surface area (Å²) in [6, 6.07) is 6.31. The number of anilines is 1. The second-order valence-corrected chi connectivity index (χ2v) is 5.62. The Kier molecular flexibility index (Phi) is 3.74. The van der Waals surface area contributed by atoms with Crippen molar-refractivity contribution in [3.63, 3.8) is 0 Å². The van der Waals surface area contributed by atoms with E-state index in [1.165, 1.54) is 10.5 Å². The molecule has 4 heteroatoms. The van der Waals surface area contributed by atoms with Crippen molar-refractivity contribution in [1.29, 1.82) is 0 Å². The lowest BCUT2D eigenvalue weighted by molar-refractivity contribution is -0.117. The highest BCUT2D eigenvalue weighted by Gasteiger charge is 2.27. The molecular weight excluding hydrogens is 232 g/mol. The zero-order chi connectivity index (χ0) is 12.4. The summed E-state index contributed by atoms with van der Waals surface area (Å²) in [5.74, 6) is 0.182. The Hall–Kier alpha value is -1.00. The molecule has 0 aliphatic carbocycles. The van der Waals surface area contributed by atoms with Gasteiger partial charge in [-0.15, -0.1) is 11.8 Å². The van der Waals surface area contributed by atoms with Crippen molar-refractivity contribution in [3.8, 4) is 0 Å². The highest BCUT2D eigenvalue weighted by Crippen LogP contribution is 2.38. The van der Waals surface area contributed by atoms with Gasteiger partial charge in [-0.1, -0.05) is 13.0 Å². The molecule has 0 spiro atoms. The Morgan fingerprint density at radius 3 is 2.94 bits per heavy atom. The fourth-order valence-corrected chi connectivity index (χ4v) is 3.13. The predicted octanol–water partition coefficient (Wildman–Crippen LogP) is 2.25. The quantitative estimate of drug-likeness (QED) is 0.893. The number of hydrogen-bond donors (Lipinski definition) is 1. The molecule has 17 heavy (non-hydrogen) atoms. The number of nitrogens with one attached hydrogen (secondary N) is 1. The molecule has 1 amide bonds. The van der Waals surface area contributed by atoms with Crippen LogP contribution in [-0.4, -0.2) is 24.7 Å². The maximum atomic E-state index is 11.8. The summed E-state index contributed by atoms with van der Waals surface area (Å²) in [5, 5.41) is 3.33. The van der Waals surface area contributed by atoms with Crippen molar-refractivity contribution in [2.45, 2.75) is 30.5 Å². The predicted molar refractivity (Wildman–Crippen MR) is 72.6 cm³/mol. The van der Waals surface area contributed by atoms with Crippen LogP contribution in [0.15, 0.2) is 23.1 Å². The molecule has 0 saturated carbocycles. The molecule has 0 bridgehead atoms. The van der Waals surface area contributed by atoms with Gasteiger partial charge in [0.05, 0.1) is 10.9 Å². The van der Waals surface area contributed by atoms with Gasteiger partial charge in [0.1, 0.15) is 0 Å². The lowest BCUT2D eigenvalue weighted by Gasteiger charge is -2.29. The minimum Gasteiger partial charge on any atom is -0.313 e. The summed E-state index contributed by atoms with van der Waals surface area (Å²) < 4.78 is 0. The van der Waals surface area contributed by atoms with Crippen molar-refractivity contribution >= 4 is 23.4 Å². The molecule has 1 aromatic rings. The first kappa shape index (κ1) is 12.5. The number of rotatable bonds is 3. The molecule has 0 fully saturated rings. The molecule has 1 aliphatic heterocycles. The van der Waals surface area contributed by atoms with Gasteiger partial charge in [0.15, 0.2) is 0 Å². The van der Waals surface area contributed by atoms with Gasteiger partial charge in [-0.25, -0.2) is 0 Å². The second-order valence-electron chi connectivity index (χ2n) is 4.24. The maximum Gasteiger partial charge on any atom is 0.239 e. The lowest BCUT2D eigenvalue weighted by atomic mass is 10.2. The summed E-state index contributed by atoms with van der Waals surface area (Å²) in [6.07, 6.45) is 0. The van der Waals surface area contributed by atoms with Crippen molar-refractivity contribution in [3.05, 3.63) is 23.8 Å². The summed E-state index contributed by atoms with van der Waals surface area (Å²) >= 11 is 1.65. The molecule has 0 aromatic heterocycles. The summed E-state index contributed by atoms with van der Waals surface area (Å²) in [7, 11) is 1.85. The fourth-order valence-electron chi connectivity index (χ4n) is 1.94.